The van der Waals surface area contributed by atoms with Crippen LogP contribution >= 0.6 is 11.8 Å². The molecule has 0 aliphatic rings. The van der Waals surface area contributed by atoms with E-state index in [9.17, 15) is 9.59 Å². The standard InChI is InChI=1S/C10H16O4S/c1-8(2)10(13)14-6-3-4-9(12)15-7-5-11/h11H,1,3-7H2,2H3. The second-order valence-corrected chi connectivity index (χ2v) is 4.12. The Bertz CT molecular complexity index is 238. The van der Waals surface area contributed by atoms with Crippen molar-refractivity contribution >= 4 is 22.8 Å². The molecule has 86 valence electrons. The molecule has 5 heteroatoms. The summed E-state index contributed by atoms with van der Waals surface area (Å²) < 4.78 is 4.81. The lowest BCUT2D eigenvalue weighted by Crippen LogP contribution is -2.07. The molecule has 0 spiro atoms. The van der Waals surface area contributed by atoms with Gasteiger partial charge in [-0.15, -0.1) is 0 Å². The maximum atomic E-state index is 11.1. The summed E-state index contributed by atoms with van der Waals surface area (Å²) in [4.78, 5) is 22.0. The molecule has 0 amide bonds. The maximum absolute atomic E-state index is 11.1. The number of carbonyl (C=O) groups excluding carboxylic acids is 2. The fraction of sp³-hybridized carbons (Fsp3) is 0.600. The van der Waals surface area contributed by atoms with Crippen LogP contribution in [0.5, 0.6) is 0 Å². The van der Waals surface area contributed by atoms with E-state index in [-0.39, 0.29) is 18.3 Å². The molecule has 0 saturated carbocycles. The lowest BCUT2D eigenvalue weighted by molar-refractivity contribution is -0.139. The van der Waals surface area contributed by atoms with Crippen LogP contribution in [0.15, 0.2) is 12.2 Å². The van der Waals surface area contributed by atoms with E-state index in [1.165, 1.54) is 0 Å². The lowest BCUT2D eigenvalue weighted by Gasteiger charge is -2.03. The molecule has 0 radical (unpaired) electrons. The molecule has 0 aromatic rings. The van der Waals surface area contributed by atoms with Crippen molar-refractivity contribution in [2.45, 2.75) is 19.8 Å². The first-order valence-electron chi connectivity index (χ1n) is 4.67. The van der Waals surface area contributed by atoms with Crippen LogP contribution in [-0.4, -0.2) is 35.2 Å². The number of rotatable bonds is 7. The molecule has 0 unspecified atom stereocenters. The number of hydrogen-bond acceptors (Lipinski definition) is 5. The molecule has 1 N–H and O–H groups in total. The van der Waals surface area contributed by atoms with Crippen molar-refractivity contribution in [1.82, 2.24) is 0 Å². The Kier molecular flexibility index (Phi) is 8.04. The van der Waals surface area contributed by atoms with Crippen LogP contribution in [0.1, 0.15) is 19.8 Å². The molecule has 0 fully saturated rings. The summed E-state index contributed by atoms with van der Waals surface area (Å²) in [6.45, 7) is 5.24. The highest BCUT2D eigenvalue weighted by Crippen LogP contribution is 2.07. The van der Waals surface area contributed by atoms with Crippen LogP contribution in [-0.2, 0) is 14.3 Å². The molecule has 0 aromatic carbocycles. The Balaban J connectivity index is 3.42. The van der Waals surface area contributed by atoms with Gasteiger partial charge in [-0.05, 0) is 13.3 Å². The number of thioether (sulfide) groups is 1. The number of ether oxygens (including phenoxy) is 1. The highest BCUT2D eigenvalue weighted by molar-refractivity contribution is 8.13. The lowest BCUT2D eigenvalue weighted by atomic mass is 10.3. The molecular formula is C10H16O4S. The topological polar surface area (TPSA) is 63.6 Å². The normalized spacial score (nSPS) is 9.73. The first kappa shape index (κ1) is 14.2. The van der Waals surface area contributed by atoms with E-state index in [0.717, 1.165) is 11.8 Å². The summed E-state index contributed by atoms with van der Waals surface area (Å²) in [5, 5.41) is 8.48. The highest BCUT2D eigenvalue weighted by Gasteiger charge is 2.05. The molecule has 0 aliphatic heterocycles. The van der Waals surface area contributed by atoms with E-state index < -0.39 is 5.97 Å². The minimum atomic E-state index is -0.425. The van der Waals surface area contributed by atoms with Gasteiger partial charge < -0.3 is 9.84 Å². The third kappa shape index (κ3) is 8.20. The number of esters is 1. The van der Waals surface area contributed by atoms with Crippen molar-refractivity contribution in [3.63, 3.8) is 0 Å². The van der Waals surface area contributed by atoms with E-state index in [2.05, 4.69) is 6.58 Å². The molecule has 0 bridgehead atoms. The third-order valence-electron chi connectivity index (χ3n) is 1.46. The molecule has 0 heterocycles. The Morgan fingerprint density at radius 2 is 2.13 bits per heavy atom. The number of carbonyl (C=O) groups is 2. The summed E-state index contributed by atoms with van der Waals surface area (Å²) in [6, 6.07) is 0. The van der Waals surface area contributed by atoms with Gasteiger partial charge in [0.05, 0.1) is 13.2 Å². The molecule has 0 atom stereocenters. The molecule has 4 nitrogen and oxygen atoms in total. The smallest absolute Gasteiger partial charge is 0.333 e. The minimum absolute atomic E-state index is 0.00104. The number of hydrogen-bond donors (Lipinski definition) is 1. The highest BCUT2D eigenvalue weighted by atomic mass is 32.2. The van der Waals surface area contributed by atoms with Crippen LogP contribution in [0.25, 0.3) is 0 Å². The molecule has 0 aromatic heterocycles. The molecular weight excluding hydrogens is 216 g/mol. The van der Waals surface area contributed by atoms with Crippen LogP contribution in [0.2, 0.25) is 0 Å². The summed E-state index contributed by atoms with van der Waals surface area (Å²) in [7, 11) is 0. The average Bonchev–Trinajstić information content (AvgIpc) is 2.20. The van der Waals surface area contributed by atoms with Crippen LogP contribution < -0.4 is 0 Å². The molecule has 0 aliphatic carbocycles. The SMILES string of the molecule is C=C(C)C(=O)OCCCC(=O)SCCO. The average molecular weight is 232 g/mol. The van der Waals surface area contributed by atoms with Gasteiger partial charge in [-0.3, -0.25) is 4.79 Å². The van der Waals surface area contributed by atoms with Crippen molar-refractivity contribution in [2.75, 3.05) is 19.0 Å². The second kappa shape index (κ2) is 8.49. The van der Waals surface area contributed by atoms with Gasteiger partial charge >= 0.3 is 5.97 Å². The third-order valence-corrected chi connectivity index (χ3v) is 2.37. The second-order valence-electron chi connectivity index (χ2n) is 2.96. The maximum Gasteiger partial charge on any atom is 0.333 e. The van der Waals surface area contributed by atoms with Crippen molar-refractivity contribution in [3.05, 3.63) is 12.2 Å². The summed E-state index contributed by atoms with van der Waals surface area (Å²) in [6.07, 6.45) is 0.865. The van der Waals surface area contributed by atoms with Gasteiger partial charge in [0.15, 0.2) is 5.12 Å². The van der Waals surface area contributed by atoms with Gasteiger partial charge in [-0.1, -0.05) is 18.3 Å². The fourth-order valence-corrected chi connectivity index (χ4v) is 1.34. The zero-order valence-corrected chi connectivity index (χ0v) is 9.64. The van der Waals surface area contributed by atoms with E-state index in [0.29, 0.717) is 24.2 Å². The van der Waals surface area contributed by atoms with Crippen molar-refractivity contribution in [2.24, 2.45) is 0 Å². The van der Waals surface area contributed by atoms with Crippen molar-refractivity contribution < 1.29 is 19.4 Å². The predicted molar refractivity (Wildman–Crippen MR) is 59.6 cm³/mol. The predicted octanol–water partition coefficient (Wildman–Crippen LogP) is 1.14. The van der Waals surface area contributed by atoms with Crippen LogP contribution in [0.3, 0.4) is 0 Å². The number of aliphatic hydroxyl groups is 1. The van der Waals surface area contributed by atoms with Gasteiger partial charge in [0.1, 0.15) is 0 Å². The summed E-state index contributed by atoms with van der Waals surface area (Å²) in [5.41, 5.74) is 0.357. The van der Waals surface area contributed by atoms with Crippen LogP contribution in [0.4, 0.5) is 0 Å². The monoisotopic (exact) mass is 232 g/mol. The molecule has 15 heavy (non-hydrogen) atoms. The van der Waals surface area contributed by atoms with Gasteiger partial charge in [-0.2, -0.15) is 0 Å². The first-order valence-corrected chi connectivity index (χ1v) is 5.65. The van der Waals surface area contributed by atoms with Gasteiger partial charge in [0.25, 0.3) is 0 Å². The largest absolute Gasteiger partial charge is 0.462 e. The Labute approximate surface area is 93.7 Å². The molecule has 0 rings (SSSR count). The minimum Gasteiger partial charge on any atom is -0.462 e. The summed E-state index contributed by atoms with van der Waals surface area (Å²) in [5.74, 6) is -0.00448. The fourth-order valence-electron chi connectivity index (χ4n) is 0.736. The van der Waals surface area contributed by atoms with Crippen LogP contribution in [0, 0.1) is 0 Å². The summed E-state index contributed by atoms with van der Waals surface area (Å²) >= 11 is 1.09. The Morgan fingerprint density at radius 1 is 1.47 bits per heavy atom. The van der Waals surface area contributed by atoms with E-state index in [1.54, 1.807) is 6.92 Å². The quantitative estimate of drug-likeness (QED) is 0.405. The first-order chi connectivity index (χ1) is 7.07. The van der Waals surface area contributed by atoms with E-state index >= 15 is 0 Å². The van der Waals surface area contributed by atoms with E-state index in [1.807, 2.05) is 0 Å². The van der Waals surface area contributed by atoms with Crippen molar-refractivity contribution in [3.8, 4) is 0 Å². The van der Waals surface area contributed by atoms with Crippen molar-refractivity contribution in [1.29, 1.82) is 0 Å². The van der Waals surface area contributed by atoms with Gasteiger partial charge in [0.2, 0.25) is 0 Å². The van der Waals surface area contributed by atoms with E-state index in [4.69, 9.17) is 9.84 Å². The van der Waals surface area contributed by atoms with Gasteiger partial charge in [0, 0.05) is 17.7 Å². The Morgan fingerprint density at radius 3 is 2.67 bits per heavy atom. The Hall–Kier alpha value is -0.810. The zero-order valence-electron chi connectivity index (χ0n) is 8.82. The zero-order chi connectivity index (χ0) is 11.7. The molecule has 0 saturated heterocycles. The van der Waals surface area contributed by atoms with Gasteiger partial charge in [-0.25, -0.2) is 4.79 Å². The number of aliphatic hydroxyl groups excluding tert-OH is 1.